The SMILES string of the molecule is O=C(OCc1cc(-c2ccc(Cl)cc2Cl)no1)C1CCCC1. The third kappa shape index (κ3) is 3.45. The Morgan fingerprint density at radius 2 is 2.05 bits per heavy atom. The van der Waals surface area contributed by atoms with Crippen LogP contribution in [0.4, 0.5) is 0 Å². The van der Waals surface area contributed by atoms with E-state index in [1.807, 2.05) is 0 Å². The van der Waals surface area contributed by atoms with Crippen LogP contribution >= 0.6 is 23.2 Å². The summed E-state index contributed by atoms with van der Waals surface area (Å²) in [6.07, 6.45) is 4.03. The highest BCUT2D eigenvalue weighted by Gasteiger charge is 2.24. The number of nitrogens with zero attached hydrogens (tertiary/aromatic N) is 1. The average molecular weight is 340 g/mol. The summed E-state index contributed by atoms with van der Waals surface area (Å²) in [4.78, 5) is 11.9. The molecule has 3 rings (SSSR count). The zero-order chi connectivity index (χ0) is 15.5. The fourth-order valence-electron chi connectivity index (χ4n) is 2.63. The van der Waals surface area contributed by atoms with Gasteiger partial charge in [0.2, 0.25) is 0 Å². The molecule has 0 aliphatic heterocycles. The van der Waals surface area contributed by atoms with Gasteiger partial charge in [-0.3, -0.25) is 4.79 Å². The van der Waals surface area contributed by atoms with Gasteiger partial charge in [0.25, 0.3) is 0 Å². The first kappa shape index (κ1) is 15.4. The Hall–Kier alpha value is -1.52. The molecular formula is C16H15Cl2NO3. The van der Waals surface area contributed by atoms with Crippen molar-refractivity contribution < 1.29 is 14.1 Å². The van der Waals surface area contributed by atoms with E-state index in [4.69, 9.17) is 32.5 Å². The smallest absolute Gasteiger partial charge is 0.309 e. The van der Waals surface area contributed by atoms with Gasteiger partial charge in [-0.25, -0.2) is 0 Å². The normalized spacial score (nSPS) is 15.2. The largest absolute Gasteiger partial charge is 0.457 e. The van der Waals surface area contributed by atoms with Crippen molar-refractivity contribution in [3.8, 4) is 11.3 Å². The van der Waals surface area contributed by atoms with E-state index in [1.54, 1.807) is 24.3 Å². The van der Waals surface area contributed by atoms with Crippen molar-refractivity contribution >= 4 is 29.2 Å². The highest BCUT2D eigenvalue weighted by atomic mass is 35.5. The van der Waals surface area contributed by atoms with Crippen molar-refractivity contribution in [2.24, 2.45) is 5.92 Å². The molecule has 0 N–H and O–H groups in total. The summed E-state index contributed by atoms with van der Waals surface area (Å²) in [6.45, 7) is 0.0908. The monoisotopic (exact) mass is 339 g/mol. The maximum Gasteiger partial charge on any atom is 0.309 e. The van der Waals surface area contributed by atoms with Crippen LogP contribution in [-0.4, -0.2) is 11.1 Å². The van der Waals surface area contributed by atoms with Crippen LogP contribution in [0.2, 0.25) is 10.0 Å². The van der Waals surface area contributed by atoms with Crippen LogP contribution in [0.25, 0.3) is 11.3 Å². The second-order valence-electron chi connectivity index (χ2n) is 5.39. The summed E-state index contributed by atoms with van der Waals surface area (Å²) in [6, 6.07) is 6.87. The number of benzene rings is 1. The number of aromatic nitrogens is 1. The molecule has 1 fully saturated rings. The number of ether oxygens (including phenoxy) is 1. The number of rotatable bonds is 4. The number of hydrogen-bond donors (Lipinski definition) is 0. The number of carbonyl (C=O) groups is 1. The van der Waals surface area contributed by atoms with Crippen LogP contribution in [0.5, 0.6) is 0 Å². The van der Waals surface area contributed by atoms with Crippen molar-refractivity contribution in [3.63, 3.8) is 0 Å². The fraction of sp³-hybridized carbons (Fsp3) is 0.375. The van der Waals surface area contributed by atoms with E-state index in [1.165, 1.54) is 0 Å². The van der Waals surface area contributed by atoms with E-state index < -0.39 is 0 Å². The maximum absolute atomic E-state index is 11.9. The number of esters is 1. The molecule has 1 aliphatic carbocycles. The molecule has 0 atom stereocenters. The van der Waals surface area contributed by atoms with E-state index in [0.29, 0.717) is 21.5 Å². The van der Waals surface area contributed by atoms with Crippen LogP contribution in [0.15, 0.2) is 28.8 Å². The molecule has 0 amide bonds. The third-order valence-corrected chi connectivity index (χ3v) is 4.36. The summed E-state index contributed by atoms with van der Waals surface area (Å²) in [5, 5.41) is 5.01. The van der Waals surface area contributed by atoms with E-state index in [9.17, 15) is 4.79 Å². The first-order valence-electron chi connectivity index (χ1n) is 7.21. The molecule has 0 radical (unpaired) electrons. The van der Waals surface area contributed by atoms with Crippen molar-refractivity contribution in [1.29, 1.82) is 0 Å². The highest BCUT2D eigenvalue weighted by Crippen LogP contribution is 2.30. The summed E-state index contributed by atoms with van der Waals surface area (Å²) in [7, 11) is 0. The van der Waals surface area contributed by atoms with Crippen molar-refractivity contribution in [2.45, 2.75) is 32.3 Å². The van der Waals surface area contributed by atoms with Crippen LogP contribution in [0.1, 0.15) is 31.4 Å². The van der Waals surface area contributed by atoms with Gasteiger partial charge in [-0.2, -0.15) is 0 Å². The second kappa shape index (κ2) is 6.71. The van der Waals surface area contributed by atoms with E-state index >= 15 is 0 Å². The molecule has 22 heavy (non-hydrogen) atoms. The predicted molar refractivity (Wildman–Crippen MR) is 83.7 cm³/mol. The standard InChI is InChI=1S/C16H15Cl2NO3/c17-11-5-6-13(14(18)7-11)15-8-12(22-19-15)9-21-16(20)10-3-1-2-4-10/h5-8,10H,1-4,9H2. The van der Waals surface area contributed by atoms with Gasteiger partial charge in [-0.15, -0.1) is 0 Å². The Morgan fingerprint density at radius 3 is 2.77 bits per heavy atom. The van der Waals surface area contributed by atoms with Gasteiger partial charge in [-0.05, 0) is 31.0 Å². The van der Waals surface area contributed by atoms with Crippen LogP contribution in [-0.2, 0) is 16.1 Å². The van der Waals surface area contributed by atoms with E-state index in [0.717, 1.165) is 31.2 Å². The Kier molecular flexibility index (Phi) is 4.69. The summed E-state index contributed by atoms with van der Waals surface area (Å²) in [5.74, 6) is 0.375. The molecule has 0 unspecified atom stereocenters. The topological polar surface area (TPSA) is 52.3 Å². The quantitative estimate of drug-likeness (QED) is 0.744. The van der Waals surface area contributed by atoms with Gasteiger partial charge in [0.05, 0.1) is 10.9 Å². The lowest BCUT2D eigenvalue weighted by atomic mass is 10.1. The molecule has 0 spiro atoms. The van der Waals surface area contributed by atoms with Crippen LogP contribution < -0.4 is 0 Å². The molecule has 1 aromatic carbocycles. The second-order valence-corrected chi connectivity index (χ2v) is 6.24. The first-order chi connectivity index (χ1) is 10.6. The lowest BCUT2D eigenvalue weighted by Gasteiger charge is -2.07. The molecule has 1 heterocycles. The third-order valence-electron chi connectivity index (χ3n) is 3.81. The molecule has 6 heteroatoms. The molecule has 1 saturated carbocycles. The summed E-state index contributed by atoms with van der Waals surface area (Å²) < 4.78 is 10.5. The molecule has 0 saturated heterocycles. The van der Waals surface area contributed by atoms with Gasteiger partial charge < -0.3 is 9.26 Å². The van der Waals surface area contributed by atoms with Crippen LogP contribution in [0, 0.1) is 5.92 Å². The molecule has 1 aromatic heterocycles. The van der Waals surface area contributed by atoms with Crippen LogP contribution in [0.3, 0.4) is 0 Å². The minimum absolute atomic E-state index is 0.0353. The van der Waals surface area contributed by atoms with E-state index in [-0.39, 0.29) is 18.5 Å². The van der Waals surface area contributed by atoms with Gasteiger partial charge in [0, 0.05) is 16.7 Å². The predicted octanol–water partition coefficient (Wildman–Crippen LogP) is 4.88. The fourth-order valence-corrected chi connectivity index (χ4v) is 3.13. The lowest BCUT2D eigenvalue weighted by Crippen LogP contribution is -2.14. The molecule has 116 valence electrons. The molecule has 2 aromatic rings. The number of carbonyl (C=O) groups excluding carboxylic acids is 1. The minimum atomic E-state index is -0.153. The lowest BCUT2D eigenvalue weighted by molar-refractivity contribution is -0.150. The maximum atomic E-state index is 11.9. The van der Waals surface area contributed by atoms with Crippen molar-refractivity contribution in [2.75, 3.05) is 0 Å². The summed E-state index contributed by atoms with van der Waals surface area (Å²) >= 11 is 12.0. The summed E-state index contributed by atoms with van der Waals surface area (Å²) in [5.41, 5.74) is 1.32. The molecule has 0 bridgehead atoms. The Bertz CT molecular complexity index is 678. The highest BCUT2D eigenvalue weighted by molar-refractivity contribution is 6.36. The minimum Gasteiger partial charge on any atom is -0.457 e. The number of hydrogen-bond acceptors (Lipinski definition) is 4. The Morgan fingerprint density at radius 1 is 1.27 bits per heavy atom. The zero-order valence-electron chi connectivity index (χ0n) is 11.9. The van der Waals surface area contributed by atoms with Crippen molar-refractivity contribution in [3.05, 3.63) is 40.1 Å². The van der Waals surface area contributed by atoms with Gasteiger partial charge in [0.15, 0.2) is 12.4 Å². The Labute approximate surface area is 138 Å². The molecule has 4 nitrogen and oxygen atoms in total. The van der Waals surface area contributed by atoms with Gasteiger partial charge in [-0.1, -0.05) is 41.2 Å². The number of halogens is 2. The van der Waals surface area contributed by atoms with E-state index in [2.05, 4.69) is 5.16 Å². The van der Waals surface area contributed by atoms with Gasteiger partial charge in [0.1, 0.15) is 5.69 Å². The van der Waals surface area contributed by atoms with Gasteiger partial charge >= 0.3 is 5.97 Å². The zero-order valence-corrected chi connectivity index (χ0v) is 13.4. The van der Waals surface area contributed by atoms with Crippen molar-refractivity contribution in [1.82, 2.24) is 5.16 Å². The molecular weight excluding hydrogens is 325 g/mol. The average Bonchev–Trinajstić information content (AvgIpc) is 3.16. The first-order valence-corrected chi connectivity index (χ1v) is 7.97. The Balaban J connectivity index is 1.64. The molecule has 1 aliphatic rings.